The van der Waals surface area contributed by atoms with Gasteiger partial charge in [0.1, 0.15) is 0 Å². The van der Waals surface area contributed by atoms with Crippen LogP contribution in [0.1, 0.15) is 34.8 Å². The molecule has 0 fully saturated rings. The Balaban J connectivity index is 1.56. The number of hydrogen-bond acceptors (Lipinski definition) is 3. The van der Waals surface area contributed by atoms with Gasteiger partial charge in [-0.25, -0.2) is 0 Å². The first-order valence-electron chi connectivity index (χ1n) is 9.82. The third-order valence-corrected chi connectivity index (χ3v) is 4.68. The van der Waals surface area contributed by atoms with Crippen LogP contribution in [0.25, 0.3) is 0 Å². The van der Waals surface area contributed by atoms with Crippen LogP contribution in [0.3, 0.4) is 0 Å². The zero-order valence-electron chi connectivity index (χ0n) is 16.3. The molecule has 0 bridgehead atoms. The highest BCUT2D eigenvalue weighted by Gasteiger charge is 2.15. The van der Waals surface area contributed by atoms with Crippen molar-refractivity contribution in [2.75, 3.05) is 18.4 Å². The van der Waals surface area contributed by atoms with Gasteiger partial charge < -0.3 is 10.2 Å². The molecule has 0 atom stereocenters. The molecular formula is C24H27N3O. The van der Waals surface area contributed by atoms with Crippen molar-refractivity contribution in [1.82, 2.24) is 9.88 Å². The SMILES string of the molecule is CCN(Cc1ccccc1)C(=O)c1cncc(NCCCc2ccccc2)c1. The molecule has 1 N–H and O–H groups in total. The zero-order valence-corrected chi connectivity index (χ0v) is 16.3. The van der Waals surface area contributed by atoms with Gasteiger partial charge in [-0.2, -0.15) is 0 Å². The van der Waals surface area contributed by atoms with Crippen molar-refractivity contribution in [2.24, 2.45) is 0 Å². The Morgan fingerprint density at radius 3 is 2.32 bits per heavy atom. The van der Waals surface area contributed by atoms with Crippen molar-refractivity contribution < 1.29 is 4.79 Å². The molecule has 3 aromatic rings. The Labute approximate surface area is 167 Å². The van der Waals surface area contributed by atoms with Crippen molar-refractivity contribution in [1.29, 1.82) is 0 Å². The number of pyridine rings is 1. The number of nitrogens with one attached hydrogen (secondary N) is 1. The summed E-state index contributed by atoms with van der Waals surface area (Å²) in [5.41, 5.74) is 3.97. The maximum absolute atomic E-state index is 12.9. The van der Waals surface area contributed by atoms with Gasteiger partial charge in [-0.1, -0.05) is 60.7 Å². The fourth-order valence-electron chi connectivity index (χ4n) is 3.14. The molecule has 0 aliphatic rings. The van der Waals surface area contributed by atoms with Crippen LogP contribution in [-0.2, 0) is 13.0 Å². The summed E-state index contributed by atoms with van der Waals surface area (Å²) in [5, 5.41) is 3.38. The molecule has 0 unspecified atom stereocenters. The highest BCUT2D eigenvalue weighted by Crippen LogP contribution is 2.14. The molecule has 1 aromatic heterocycles. The van der Waals surface area contributed by atoms with Crippen LogP contribution in [0.15, 0.2) is 79.1 Å². The summed E-state index contributed by atoms with van der Waals surface area (Å²) < 4.78 is 0. The highest BCUT2D eigenvalue weighted by atomic mass is 16.2. The second-order valence-electron chi connectivity index (χ2n) is 6.78. The number of carbonyl (C=O) groups is 1. The van der Waals surface area contributed by atoms with Gasteiger partial charge in [0.05, 0.1) is 11.3 Å². The number of hydrogen-bond donors (Lipinski definition) is 1. The average Bonchev–Trinajstić information content (AvgIpc) is 2.76. The van der Waals surface area contributed by atoms with E-state index in [0.29, 0.717) is 18.7 Å². The monoisotopic (exact) mass is 373 g/mol. The van der Waals surface area contributed by atoms with Gasteiger partial charge in [-0.15, -0.1) is 0 Å². The van der Waals surface area contributed by atoms with E-state index in [1.807, 2.05) is 54.3 Å². The minimum Gasteiger partial charge on any atom is -0.384 e. The van der Waals surface area contributed by atoms with Crippen molar-refractivity contribution in [3.8, 4) is 0 Å². The fourth-order valence-corrected chi connectivity index (χ4v) is 3.14. The van der Waals surface area contributed by atoms with E-state index in [-0.39, 0.29) is 5.91 Å². The van der Waals surface area contributed by atoms with Crippen LogP contribution in [-0.4, -0.2) is 28.9 Å². The summed E-state index contributed by atoms with van der Waals surface area (Å²) in [6.45, 7) is 4.10. The summed E-state index contributed by atoms with van der Waals surface area (Å²) in [4.78, 5) is 19.0. The summed E-state index contributed by atoms with van der Waals surface area (Å²) in [5.74, 6) is 0.00629. The quantitative estimate of drug-likeness (QED) is 0.549. The molecule has 1 heterocycles. The fraction of sp³-hybridized carbons (Fsp3) is 0.250. The van der Waals surface area contributed by atoms with E-state index < -0.39 is 0 Å². The molecular weight excluding hydrogens is 346 g/mol. The second-order valence-corrected chi connectivity index (χ2v) is 6.78. The molecule has 144 valence electrons. The van der Waals surface area contributed by atoms with Gasteiger partial charge in [0.2, 0.25) is 0 Å². The molecule has 28 heavy (non-hydrogen) atoms. The van der Waals surface area contributed by atoms with Gasteiger partial charge in [0.25, 0.3) is 5.91 Å². The van der Waals surface area contributed by atoms with Crippen LogP contribution in [0.4, 0.5) is 5.69 Å². The molecule has 0 aliphatic carbocycles. The molecule has 4 nitrogen and oxygen atoms in total. The van der Waals surface area contributed by atoms with Crippen LogP contribution < -0.4 is 5.32 Å². The zero-order chi connectivity index (χ0) is 19.6. The number of benzene rings is 2. The van der Waals surface area contributed by atoms with Crippen LogP contribution in [0.5, 0.6) is 0 Å². The van der Waals surface area contributed by atoms with Crippen molar-refractivity contribution in [3.63, 3.8) is 0 Å². The number of nitrogens with zero attached hydrogens (tertiary/aromatic N) is 2. The first kappa shape index (κ1) is 19.6. The smallest absolute Gasteiger partial charge is 0.255 e. The standard InChI is InChI=1S/C24H27N3O/c1-2-27(19-21-12-7-4-8-13-21)24(28)22-16-23(18-25-17-22)26-15-9-14-20-10-5-3-6-11-20/h3-8,10-13,16-18,26H,2,9,14-15,19H2,1H3. The normalized spacial score (nSPS) is 10.5. The van der Waals surface area contributed by atoms with E-state index in [1.54, 1.807) is 12.4 Å². The maximum Gasteiger partial charge on any atom is 0.255 e. The van der Waals surface area contributed by atoms with Crippen molar-refractivity contribution >= 4 is 11.6 Å². The summed E-state index contributed by atoms with van der Waals surface area (Å²) in [6, 6.07) is 22.4. The lowest BCUT2D eigenvalue weighted by Gasteiger charge is -2.21. The summed E-state index contributed by atoms with van der Waals surface area (Å²) >= 11 is 0. The van der Waals surface area contributed by atoms with Gasteiger partial charge >= 0.3 is 0 Å². The predicted octanol–water partition coefficient (Wildman–Crippen LogP) is 4.79. The topological polar surface area (TPSA) is 45.2 Å². The molecule has 0 spiro atoms. The lowest BCUT2D eigenvalue weighted by Crippen LogP contribution is -2.30. The van der Waals surface area contributed by atoms with E-state index in [1.165, 1.54) is 5.56 Å². The molecule has 0 saturated carbocycles. The van der Waals surface area contributed by atoms with Crippen LogP contribution in [0, 0.1) is 0 Å². The molecule has 0 radical (unpaired) electrons. The minimum absolute atomic E-state index is 0.00629. The molecule has 0 aliphatic heterocycles. The Morgan fingerprint density at radius 1 is 0.964 bits per heavy atom. The summed E-state index contributed by atoms with van der Waals surface area (Å²) in [7, 11) is 0. The predicted molar refractivity (Wildman–Crippen MR) is 114 cm³/mol. The number of carbonyl (C=O) groups excluding carboxylic acids is 1. The molecule has 1 amide bonds. The lowest BCUT2D eigenvalue weighted by atomic mass is 10.1. The number of amides is 1. The third kappa shape index (κ3) is 5.68. The largest absolute Gasteiger partial charge is 0.384 e. The van der Waals surface area contributed by atoms with E-state index in [2.05, 4.69) is 34.6 Å². The molecule has 4 heteroatoms. The van der Waals surface area contributed by atoms with Crippen LogP contribution >= 0.6 is 0 Å². The van der Waals surface area contributed by atoms with E-state index in [4.69, 9.17) is 0 Å². The second kappa shape index (κ2) is 10.3. The number of rotatable bonds is 9. The van der Waals surface area contributed by atoms with E-state index >= 15 is 0 Å². The van der Waals surface area contributed by atoms with Gasteiger partial charge in [-0.3, -0.25) is 9.78 Å². The molecule has 3 rings (SSSR count). The Hall–Kier alpha value is -3.14. The van der Waals surface area contributed by atoms with Crippen molar-refractivity contribution in [2.45, 2.75) is 26.3 Å². The Bertz CT molecular complexity index is 865. The number of aromatic nitrogens is 1. The minimum atomic E-state index is 0.00629. The molecule has 2 aromatic carbocycles. The van der Waals surface area contributed by atoms with Gasteiger partial charge in [0.15, 0.2) is 0 Å². The van der Waals surface area contributed by atoms with Crippen molar-refractivity contribution in [3.05, 3.63) is 95.8 Å². The van der Waals surface area contributed by atoms with Gasteiger partial charge in [-0.05, 0) is 37.0 Å². The van der Waals surface area contributed by atoms with E-state index in [9.17, 15) is 4.79 Å². The number of aryl methyl sites for hydroxylation is 1. The Morgan fingerprint density at radius 2 is 1.64 bits per heavy atom. The Kier molecular flexibility index (Phi) is 7.19. The maximum atomic E-state index is 12.9. The number of anilines is 1. The first-order chi connectivity index (χ1) is 13.8. The lowest BCUT2D eigenvalue weighted by molar-refractivity contribution is 0.0752. The molecule has 0 saturated heterocycles. The highest BCUT2D eigenvalue weighted by molar-refractivity contribution is 5.94. The van der Waals surface area contributed by atoms with Crippen LogP contribution in [0.2, 0.25) is 0 Å². The summed E-state index contributed by atoms with van der Waals surface area (Å²) in [6.07, 6.45) is 5.47. The van der Waals surface area contributed by atoms with Gasteiger partial charge in [0, 0.05) is 32.0 Å². The third-order valence-electron chi connectivity index (χ3n) is 4.68. The average molecular weight is 374 g/mol. The first-order valence-corrected chi connectivity index (χ1v) is 9.82. The van der Waals surface area contributed by atoms with E-state index in [0.717, 1.165) is 30.6 Å².